The van der Waals surface area contributed by atoms with Gasteiger partial charge in [-0.1, -0.05) is 23.7 Å². The molecule has 5 heteroatoms. The highest BCUT2D eigenvalue weighted by atomic mass is 35.5. The van der Waals surface area contributed by atoms with Crippen LogP contribution in [0.25, 0.3) is 0 Å². The average molecular weight is 305 g/mol. The van der Waals surface area contributed by atoms with Gasteiger partial charge in [-0.15, -0.1) is 0 Å². The zero-order chi connectivity index (χ0) is 14.8. The van der Waals surface area contributed by atoms with Crippen LogP contribution in [0.2, 0.25) is 5.15 Å². The van der Waals surface area contributed by atoms with Crippen molar-refractivity contribution >= 4 is 11.6 Å². The summed E-state index contributed by atoms with van der Waals surface area (Å²) >= 11 is 5.95. The highest BCUT2D eigenvalue weighted by Crippen LogP contribution is 2.29. The van der Waals surface area contributed by atoms with Crippen LogP contribution >= 0.6 is 11.6 Å². The fourth-order valence-electron chi connectivity index (χ4n) is 2.63. The number of halogens is 1. The van der Waals surface area contributed by atoms with Crippen molar-refractivity contribution in [3.8, 4) is 11.5 Å². The standard InChI is InChI=1S/C16H17ClN2O2/c1-20-13-5-3-12(15(7-13)21-2)9-19-8-11-4-6-16(17)18-14(11)10-19/h3-7H,8-10H2,1-2H3. The van der Waals surface area contributed by atoms with Gasteiger partial charge in [-0.25, -0.2) is 4.98 Å². The molecular formula is C16H17ClN2O2. The molecule has 2 heterocycles. The Kier molecular flexibility index (Phi) is 3.99. The van der Waals surface area contributed by atoms with E-state index >= 15 is 0 Å². The quantitative estimate of drug-likeness (QED) is 0.812. The number of benzene rings is 1. The van der Waals surface area contributed by atoms with Crippen LogP contribution in [0.15, 0.2) is 30.3 Å². The number of nitrogens with zero attached hydrogens (tertiary/aromatic N) is 2. The molecule has 0 N–H and O–H groups in total. The zero-order valence-corrected chi connectivity index (χ0v) is 12.9. The number of hydrogen-bond acceptors (Lipinski definition) is 4. The maximum absolute atomic E-state index is 5.95. The van der Waals surface area contributed by atoms with E-state index in [0.717, 1.165) is 42.4 Å². The SMILES string of the molecule is COc1ccc(CN2Cc3ccc(Cl)nc3C2)c(OC)c1. The van der Waals surface area contributed by atoms with Gasteiger partial charge in [0.05, 0.1) is 19.9 Å². The molecule has 1 aromatic carbocycles. The minimum absolute atomic E-state index is 0.553. The van der Waals surface area contributed by atoms with Crippen molar-refractivity contribution in [2.24, 2.45) is 0 Å². The third-order valence-electron chi connectivity index (χ3n) is 3.69. The first-order valence-electron chi connectivity index (χ1n) is 6.77. The summed E-state index contributed by atoms with van der Waals surface area (Å²) in [5.41, 5.74) is 3.44. The predicted octanol–water partition coefficient (Wildman–Crippen LogP) is 3.27. The van der Waals surface area contributed by atoms with Crippen LogP contribution in [-0.4, -0.2) is 24.1 Å². The topological polar surface area (TPSA) is 34.6 Å². The van der Waals surface area contributed by atoms with Crippen molar-refractivity contribution in [3.63, 3.8) is 0 Å². The normalized spacial score (nSPS) is 14.0. The predicted molar refractivity (Wildman–Crippen MR) is 81.7 cm³/mol. The molecule has 3 rings (SSSR count). The van der Waals surface area contributed by atoms with Crippen LogP contribution in [-0.2, 0) is 19.6 Å². The number of methoxy groups -OCH3 is 2. The summed E-state index contributed by atoms with van der Waals surface area (Å²) < 4.78 is 10.7. The number of pyridine rings is 1. The van der Waals surface area contributed by atoms with E-state index in [0.29, 0.717) is 5.15 Å². The molecule has 0 atom stereocenters. The van der Waals surface area contributed by atoms with E-state index in [9.17, 15) is 0 Å². The maximum Gasteiger partial charge on any atom is 0.129 e. The smallest absolute Gasteiger partial charge is 0.129 e. The Morgan fingerprint density at radius 2 is 2.00 bits per heavy atom. The lowest BCUT2D eigenvalue weighted by Crippen LogP contribution is -2.16. The number of ether oxygens (including phenoxy) is 2. The molecule has 110 valence electrons. The summed E-state index contributed by atoms with van der Waals surface area (Å²) in [6.07, 6.45) is 0. The van der Waals surface area contributed by atoms with E-state index in [1.165, 1.54) is 5.56 Å². The molecule has 0 saturated heterocycles. The molecule has 0 spiro atoms. The van der Waals surface area contributed by atoms with Crippen molar-refractivity contribution in [1.82, 2.24) is 9.88 Å². The summed E-state index contributed by atoms with van der Waals surface area (Å²) in [4.78, 5) is 6.71. The summed E-state index contributed by atoms with van der Waals surface area (Å²) in [6.45, 7) is 2.50. The summed E-state index contributed by atoms with van der Waals surface area (Å²) in [6, 6.07) is 9.80. The first-order valence-corrected chi connectivity index (χ1v) is 7.15. The third-order valence-corrected chi connectivity index (χ3v) is 3.90. The van der Waals surface area contributed by atoms with Gasteiger partial charge in [-0.3, -0.25) is 4.90 Å². The van der Waals surface area contributed by atoms with E-state index < -0.39 is 0 Å². The number of rotatable bonds is 4. The van der Waals surface area contributed by atoms with Gasteiger partial charge < -0.3 is 9.47 Å². The Bertz CT molecular complexity index is 661. The summed E-state index contributed by atoms with van der Waals surface area (Å²) in [7, 11) is 3.33. The first-order chi connectivity index (χ1) is 10.2. The van der Waals surface area contributed by atoms with Crippen molar-refractivity contribution < 1.29 is 9.47 Å². The second kappa shape index (κ2) is 5.92. The van der Waals surface area contributed by atoms with Crippen LogP contribution in [0.4, 0.5) is 0 Å². The maximum atomic E-state index is 5.95. The number of hydrogen-bond donors (Lipinski definition) is 0. The third kappa shape index (κ3) is 2.96. The Balaban J connectivity index is 1.77. The molecule has 0 amide bonds. The highest BCUT2D eigenvalue weighted by molar-refractivity contribution is 6.29. The molecule has 21 heavy (non-hydrogen) atoms. The molecule has 1 aliphatic heterocycles. The van der Waals surface area contributed by atoms with Crippen LogP contribution in [0.3, 0.4) is 0 Å². The minimum Gasteiger partial charge on any atom is -0.497 e. The fraction of sp³-hybridized carbons (Fsp3) is 0.312. The molecule has 0 bridgehead atoms. The van der Waals surface area contributed by atoms with Gasteiger partial charge >= 0.3 is 0 Å². The van der Waals surface area contributed by atoms with Gasteiger partial charge in [0.25, 0.3) is 0 Å². The zero-order valence-electron chi connectivity index (χ0n) is 12.1. The lowest BCUT2D eigenvalue weighted by molar-refractivity contribution is 0.268. The van der Waals surface area contributed by atoms with Crippen LogP contribution < -0.4 is 9.47 Å². The molecule has 1 aliphatic rings. The molecule has 2 aromatic rings. The summed E-state index contributed by atoms with van der Waals surface area (Å²) in [5.74, 6) is 1.64. The van der Waals surface area contributed by atoms with Gasteiger partial charge in [0.1, 0.15) is 16.7 Å². The van der Waals surface area contributed by atoms with Gasteiger partial charge in [0, 0.05) is 31.3 Å². The molecular weight excluding hydrogens is 288 g/mol. The van der Waals surface area contributed by atoms with E-state index in [1.54, 1.807) is 14.2 Å². The van der Waals surface area contributed by atoms with Crippen LogP contribution in [0.5, 0.6) is 11.5 Å². The monoisotopic (exact) mass is 304 g/mol. The number of fused-ring (bicyclic) bond motifs is 1. The van der Waals surface area contributed by atoms with E-state index in [1.807, 2.05) is 24.3 Å². The minimum atomic E-state index is 0.553. The Labute approximate surface area is 129 Å². The largest absolute Gasteiger partial charge is 0.497 e. The molecule has 0 saturated carbocycles. The molecule has 0 radical (unpaired) electrons. The lowest BCUT2D eigenvalue weighted by Gasteiger charge is -2.17. The Morgan fingerprint density at radius 1 is 1.14 bits per heavy atom. The van der Waals surface area contributed by atoms with E-state index in [-0.39, 0.29) is 0 Å². The van der Waals surface area contributed by atoms with Gasteiger partial charge in [0.15, 0.2) is 0 Å². The average Bonchev–Trinajstić information content (AvgIpc) is 2.89. The Hall–Kier alpha value is -1.78. The van der Waals surface area contributed by atoms with Crippen molar-refractivity contribution in [2.45, 2.75) is 19.6 Å². The van der Waals surface area contributed by atoms with Crippen LogP contribution in [0, 0.1) is 0 Å². The van der Waals surface area contributed by atoms with E-state index in [2.05, 4.69) is 16.0 Å². The molecule has 0 unspecified atom stereocenters. The van der Waals surface area contributed by atoms with Gasteiger partial charge in [-0.05, 0) is 17.7 Å². The van der Waals surface area contributed by atoms with Gasteiger partial charge in [-0.2, -0.15) is 0 Å². The van der Waals surface area contributed by atoms with Gasteiger partial charge in [0.2, 0.25) is 0 Å². The molecule has 4 nitrogen and oxygen atoms in total. The molecule has 1 aromatic heterocycles. The Morgan fingerprint density at radius 3 is 2.76 bits per heavy atom. The summed E-state index contributed by atoms with van der Waals surface area (Å²) in [5, 5.41) is 0.553. The van der Waals surface area contributed by atoms with Crippen molar-refractivity contribution in [3.05, 3.63) is 52.3 Å². The second-order valence-electron chi connectivity index (χ2n) is 5.06. The second-order valence-corrected chi connectivity index (χ2v) is 5.45. The van der Waals surface area contributed by atoms with E-state index in [4.69, 9.17) is 21.1 Å². The first kappa shape index (κ1) is 14.2. The highest BCUT2D eigenvalue weighted by Gasteiger charge is 2.21. The van der Waals surface area contributed by atoms with Crippen molar-refractivity contribution in [1.29, 1.82) is 0 Å². The lowest BCUT2D eigenvalue weighted by atomic mass is 10.2. The van der Waals surface area contributed by atoms with Crippen molar-refractivity contribution in [2.75, 3.05) is 14.2 Å². The van der Waals surface area contributed by atoms with Crippen LogP contribution in [0.1, 0.15) is 16.8 Å². The fourth-order valence-corrected chi connectivity index (χ4v) is 2.79. The molecule has 0 fully saturated rings. The molecule has 0 aliphatic carbocycles. The number of aromatic nitrogens is 1.